The second-order valence-corrected chi connectivity index (χ2v) is 6.85. The number of carbonyl (C=O) groups is 1. The number of hydrogen-bond donors (Lipinski definition) is 1. The van der Waals surface area contributed by atoms with Gasteiger partial charge in [0.05, 0.1) is 17.5 Å². The molecular weight excluding hydrogens is 332 g/mol. The minimum absolute atomic E-state index is 0.0154. The van der Waals surface area contributed by atoms with Crippen LogP contribution in [0, 0.1) is 20.8 Å². The van der Waals surface area contributed by atoms with Crippen LogP contribution in [0.4, 0.5) is 0 Å². The summed E-state index contributed by atoms with van der Waals surface area (Å²) in [4.78, 5) is 18.6. The number of nitrogens with zero attached hydrogens (tertiary/aromatic N) is 4. The Hall–Kier alpha value is -2.41. The van der Waals surface area contributed by atoms with Gasteiger partial charge in [-0.1, -0.05) is 0 Å². The Labute approximate surface area is 153 Å². The number of aromatic nitrogens is 3. The molecule has 2 aromatic rings. The largest absolute Gasteiger partial charge is 0.486 e. The number of carbonyl (C=O) groups excluding carboxylic acids is 1. The molecule has 3 heterocycles. The maximum Gasteiger partial charge on any atom is 0.244 e. The van der Waals surface area contributed by atoms with Gasteiger partial charge in [-0.2, -0.15) is 5.10 Å². The lowest BCUT2D eigenvalue weighted by Gasteiger charge is -2.22. The van der Waals surface area contributed by atoms with Gasteiger partial charge in [-0.05, 0) is 45.4 Å². The molecule has 1 aliphatic heterocycles. The van der Waals surface area contributed by atoms with Crippen LogP contribution in [0.5, 0.6) is 5.75 Å². The third kappa shape index (κ3) is 4.22. The number of amides is 1. The highest BCUT2D eigenvalue weighted by Crippen LogP contribution is 2.22. The number of pyridine rings is 1. The zero-order valence-electron chi connectivity index (χ0n) is 15.6. The van der Waals surface area contributed by atoms with Crippen molar-refractivity contribution in [3.8, 4) is 5.75 Å². The van der Waals surface area contributed by atoms with Crippen LogP contribution in [0.3, 0.4) is 0 Å². The fourth-order valence-electron chi connectivity index (χ4n) is 3.27. The van der Waals surface area contributed by atoms with Crippen molar-refractivity contribution in [2.45, 2.75) is 52.4 Å². The van der Waals surface area contributed by atoms with E-state index in [4.69, 9.17) is 4.74 Å². The van der Waals surface area contributed by atoms with Crippen LogP contribution in [0.25, 0.3) is 0 Å². The monoisotopic (exact) mass is 358 g/mol. The second kappa shape index (κ2) is 7.86. The molecule has 0 aliphatic carbocycles. The predicted molar refractivity (Wildman–Crippen MR) is 96.9 cm³/mol. The Morgan fingerprint density at radius 3 is 2.77 bits per heavy atom. The second-order valence-electron chi connectivity index (χ2n) is 6.85. The Morgan fingerprint density at radius 2 is 2.08 bits per heavy atom. The molecule has 7 nitrogen and oxygen atoms in total. The molecule has 0 saturated carbocycles. The molecule has 0 unspecified atom stereocenters. The van der Waals surface area contributed by atoms with Crippen molar-refractivity contribution in [1.29, 1.82) is 0 Å². The van der Waals surface area contributed by atoms with Gasteiger partial charge in [-0.15, -0.1) is 0 Å². The summed E-state index contributed by atoms with van der Waals surface area (Å²) in [6.45, 7) is 7.04. The van der Waals surface area contributed by atoms with Crippen LogP contribution in [-0.2, 0) is 11.3 Å². The number of aliphatic hydroxyl groups excluding tert-OH is 1. The summed E-state index contributed by atoms with van der Waals surface area (Å²) >= 11 is 0. The van der Waals surface area contributed by atoms with E-state index >= 15 is 0 Å². The summed E-state index contributed by atoms with van der Waals surface area (Å²) in [5.41, 5.74) is 2.67. The van der Waals surface area contributed by atoms with E-state index in [2.05, 4.69) is 10.1 Å². The maximum atomic E-state index is 12.6. The van der Waals surface area contributed by atoms with Crippen LogP contribution in [0.15, 0.2) is 24.4 Å². The lowest BCUT2D eigenvalue weighted by atomic mass is 10.1. The summed E-state index contributed by atoms with van der Waals surface area (Å²) in [5.74, 6) is 0.695. The van der Waals surface area contributed by atoms with Crippen molar-refractivity contribution in [1.82, 2.24) is 19.7 Å². The van der Waals surface area contributed by atoms with Crippen molar-refractivity contribution < 1.29 is 14.6 Å². The van der Waals surface area contributed by atoms with Gasteiger partial charge in [0.25, 0.3) is 0 Å². The molecule has 1 aliphatic rings. The predicted octanol–water partition coefficient (Wildman–Crippen LogP) is 1.63. The Balaban J connectivity index is 1.62. The lowest BCUT2D eigenvalue weighted by molar-refractivity contribution is -0.132. The molecule has 0 radical (unpaired) electrons. The van der Waals surface area contributed by atoms with Crippen LogP contribution < -0.4 is 4.74 Å². The molecule has 2 aromatic heterocycles. The van der Waals surface area contributed by atoms with Crippen LogP contribution in [0.2, 0.25) is 0 Å². The van der Waals surface area contributed by atoms with E-state index in [1.54, 1.807) is 15.8 Å². The average molecular weight is 358 g/mol. The van der Waals surface area contributed by atoms with E-state index in [9.17, 15) is 9.90 Å². The lowest BCUT2D eigenvalue weighted by Crippen LogP contribution is -2.35. The zero-order valence-corrected chi connectivity index (χ0v) is 15.6. The first kappa shape index (κ1) is 18.4. The van der Waals surface area contributed by atoms with Gasteiger partial charge in [0.2, 0.25) is 5.91 Å². The topological polar surface area (TPSA) is 80.5 Å². The highest BCUT2D eigenvalue weighted by molar-refractivity contribution is 5.76. The van der Waals surface area contributed by atoms with E-state index in [-0.39, 0.29) is 18.6 Å². The Kier molecular flexibility index (Phi) is 5.56. The van der Waals surface area contributed by atoms with Crippen molar-refractivity contribution in [2.75, 3.05) is 13.1 Å². The normalized spacial score (nSPS) is 20.7. The van der Waals surface area contributed by atoms with E-state index in [1.807, 2.05) is 39.0 Å². The van der Waals surface area contributed by atoms with Crippen molar-refractivity contribution >= 4 is 5.91 Å². The highest BCUT2D eigenvalue weighted by atomic mass is 16.5. The summed E-state index contributed by atoms with van der Waals surface area (Å²) in [6, 6.07) is 5.63. The third-order valence-electron chi connectivity index (χ3n) is 4.79. The van der Waals surface area contributed by atoms with Gasteiger partial charge >= 0.3 is 0 Å². The van der Waals surface area contributed by atoms with Gasteiger partial charge < -0.3 is 14.7 Å². The number of hydrogen-bond acceptors (Lipinski definition) is 5. The first-order valence-corrected chi connectivity index (χ1v) is 8.99. The molecule has 0 spiro atoms. The fraction of sp³-hybridized carbons (Fsp3) is 0.526. The van der Waals surface area contributed by atoms with Gasteiger partial charge in [0.1, 0.15) is 18.4 Å². The molecule has 3 rings (SSSR count). The van der Waals surface area contributed by atoms with E-state index in [0.717, 1.165) is 17.1 Å². The van der Waals surface area contributed by atoms with Gasteiger partial charge in [0.15, 0.2) is 0 Å². The maximum absolute atomic E-state index is 12.6. The molecule has 1 fully saturated rings. The molecule has 0 aromatic carbocycles. The fourth-order valence-corrected chi connectivity index (χ4v) is 3.27. The van der Waals surface area contributed by atoms with Crippen LogP contribution in [0.1, 0.15) is 29.9 Å². The van der Waals surface area contributed by atoms with E-state index < -0.39 is 6.10 Å². The molecule has 140 valence electrons. The molecule has 1 amide bonds. The SMILES string of the molecule is Cc1cc(C)n(CC(=O)N2CC[C@H](Oc3cccnc3C)[C@@H](O)CC2)n1. The van der Waals surface area contributed by atoms with Gasteiger partial charge in [-0.25, -0.2) is 0 Å². The summed E-state index contributed by atoms with van der Waals surface area (Å²) in [6.07, 6.45) is 1.83. The smallest absolute Gasteiger partial charge is 0.244 e. The minimum Gasteiger partial charge on any atom is -0.486 e. The number of ether oxygens (including phenoxy) is 1. The van der Waals surface area contributed by atoms with Crippen LogP contribution >= 0.6 is 0 Å². The van der Waals surface area contributed by atoms with E-state index in [1.165, 1.54) is 0 Å². The standard InChI is InChI=1S/C19H26N4O3/c1-13-11-14(2)23(21-13)12-19(25)22-9-6-16(24)18(7-10-22)26-17-5-4-8-20-15(17)3/h4-5,8,11,16,18,24H,6-7,9-10,12H2,1-3H3/t16-,18-/m0/s1. The minimum atomic E-state index is -0.610. The molecule has 0 bridgehead atoms. The van der Waals surface area contributed by atoms with Crippen molar-refractivity contribution in [3.63, 3.8) is 0 Å². The van der Waals surface area contributed by atoms with Crippen molar-refractivity contribution in [2.24, 2.45) is 0 Å². The molecular formula is C19H26N4O3. The zero-order chi connectivity index (χ0) is 18.7. The van der Waals surface area contributed by atoms with Crippen molar-refractivity contribution in [3.05, 3.63) is 41.5 Å². The van der Waals surface area contributed by atoms with E-state index in [0.29, 0.717) is 31.7 Å². The Bertz CT molecular complexity index is 774. The highest BCUT2D eigenvalue weighted by Gasteiger charge is 2.29. The number of aryl methyl sites for hydroxylation is 3. The average Bonchev–Trinajstić information content (AvgIpc) is 2.80. The first-order valence-electron chi connectivity index (χ1n) is 8.99. The molecule has 1 saturated heterocycles. The van der Waals surface area contributed by atoms with Crippen LogP contribution in [-0.4, -0.2) is 56.0 Å². The molecule has 1 N–H and O–H groups in total. The number of likely N-dealkylation sites (tertiary alicyclic amines) is 1. The first-order chi connectivity index (χ1) is 12.4. The third-order valence-corrected chi connectivity index (χ3v) is 4.79. The molecule has 26 heavy (non-hydrogen) atoms. The molecule has 7 heteroatoms. The summed E-state index contributed by atoms with van der Waals surface area (Å²) < 4.78 is 7.71. The Morgan fingerprint density at radius 1 is 1.31 bits per heavy atom. The van der Waals surface area contributed by atoms with Gasteiger partial charge in [0, 0.05) is 31.4 Å². The van der Waals surface area contributed by atoms with Gasteiger partial charge in [-0.3, -0.25) is 14.5 Å². The quantitative estimate of drug-likeness (QED) is 0.899. The summed E-state index contributed by atoms with van der Waals surface area (Å²) in [5, 5.41) is 14.8. The number of aliphatic hydroxyl groups is 1. The molecule has 2 atom stereocenters. The number of rotatable bonds is 4. The summed E-state index contributed by atoms with van der Waals surface area (Å²) in [7, 11) is 0.